The van der Waals surface area contributed by atoms with Gasteiger partial charge in [0.25, 0.3) is 0 Å². The van der Waals surface area contributed by atoms with E-state index in [9.17, 15) is 13.2 Å². The summed E-state index contributed by atoms with van der Waals surface area (Å²) in [6.45, 7) is 7.30. The first-order valence-corrected chi connectivity index (χ1v) is 9.72. The molecule has 1 atom stereocenters. The van der Waals surface area contributed by atoms with E-state index in [0.29, 0.717) is 25.3 Å². The van der Waals surface area contributed by atoms with E-state index in [4.69, 9.17) is 4.74 Å². The maximum atomic E-state index is 12.5. The second-order valence-electron chi connectivity index (χ2n) is 6.89. The molecule has 8 heteroatoms. The number of benzene rings is 1. The average Bonchev–Trinajstić information content (AvgIpc) is 2.44. The molecule has 1 aliphatic rings. The number of nitrogens with one attached hydrogen (secondary N) is 2. The van der Waals surface area contributed by atoms with E-state index in [-0.39, 0.29) is 12.1 Å². The van der Waals surface area contributed by atoms with E-state index in [1.807, 2.05) is 26.8 Å². The number of anilines is 1. The van der Waals surface area contributed by atoms with Gasteiger partial charge in [0.05, 0.1) is 12.3 Å². The topological polar surface area (TPSA) is 87.7 Å². The van der Waals surface area contributed by atoms with Crippen LogP contribution >= 0.6 is 0 Å². The highest BCUT2D eigenvalue weighted by Crippen LogP contribution is 2.26. The molecule has 0 bridgehead atoms. The van der Waals surface area contributed by atoms with Gasteiger partial charge in [-0.3, -0.25) is 9.62 Å². The largest absolute Gasteiger partial charge is 0.444 e. The lowest BCUT2D eigenvalue weighted by Crippen LogP contribution is -2.50. The van der Waals surface area contributed by atoms with Gasteiger partial charge in [0.15, 0.2) is 0 Å². The van der Waals surface area contributed by atoms with E-state index in [1.54, 1.807) is 23.1 Å². The van der Waals surface area contributed by atoms with Crippen LogP contribution in [0.4, 0.5) is 10.5 Å². The molecule has 0 aromatic heterocycles. The van der Waals surface area contributed by atoms with Crippen molar-refractivity contribution in [3.8, 4) is 0 Å². The zero-order chi connectivity index (χ0) is 18.0. The Balaban J connectivity index is 2.24. The van der Waals surface area contributed by atoms with Gasteiger partial charge in [-0.1, -0.05) is 12.1 Å². The molecule has 2 N–H and O–H groups in total. The molecular weight excluding hydrogens is 330 g/mol. The third kappa shape index (κ3) is 5.38. The van der Waals surface area contributed by atoms with Gasteiger partial charge in [-0.15, -0.1) is 0 Å². The third-order valence-electron chi connectivity index (χ3n) is 3.45. The fraction of sp³-hybridized carbons (Fsp3) is 0.562. The van der Waals surface area contributed by atoms with Crippen molar-refractivity contribution >= 4 is 21.8 Å². The number of amides is 1. The molecule has 1 aromatic rings. The highest BCUT2D eigenvalue weighted by Gasteiger charge is 2.31. The van der Waals surface area contributed by atoms with Gasteiger partial charge in [0, 0.05) is 25.3 Å². The number of carbonyl (C=O) groups is 1. The van der Waals surface area contributed by atoms with E-state index < -0.39 is 15.6 Å². The summed E-state index contributed by atoms with van der Waals surface area (Å²) in [4.78, 5) is 14.2. The zero-order valence-corrected chi connectivity index (χ0v) is 15.3. The molecule has 1 saturated heterocycles. The van der Waals surface area contributed by atoms with Gasteiger partial charge in [0.1, 0.15) is 5.60 Å². The highest BCUT2D eigenvalue weighted by atomic mass is 32.2. The molecule has 0 spiro atoms. The summed E-state index contributed by atoms with van der Waals surface area (Å²) in [6, 6.07) is 6.86. The van der Waals surface area contributed by atoms with Crippen molar-refractivity contribution < 1.29 is 17.9 Å². The van der Waals surface area contributed by atoms with Crippen LogP contribution in [-0.2, 0) is 14.8 Å². The van der Waals surface area contributed by atoms with Crippen molar-refractivity contribution in [1.82, 2.24) is 10.2 Å². The molecule has 1 fully saturated rings. The maximum absolute atomic E-state index is 12.5. The first kappa shape index (κ1) is 18.5. The van der Waals surface area contributed by atoms with Crippen LogP contribution in [0.2, 0.25) is 0 Å². The van der Waals surface area contributed by atoms with Crippen molar-refractivity contribution in [2.45, 2.75) is 32.4 Å². The smallest absolute Gasteiger partial charge is 0.410 e. The van der Waals surface area contributed by atoms with Crippen molar-refractivity contribution in [2.75, 3.05) is 30.6 Å². The minimum absolute atomic E-state index is 0.213. The summed E-state index contributed by atoms with van der Waals surface area (Å²) >= 11 is 0. The van der Waals surface area contributed by atoms with Gasteiger partial charge >= 0.3 is 6.09 Å². The van der Waals surface area contributed by atoms with Crippen LogP contribution in [0.3, 0.4) is 0 Å². The maximum Gasteiger partial charge on any atom is 0.410 e. The van der Waals surface area contributed by atoms with E-state index >= 15 is 0 Å². The van der Waals surface area contributed by atoms with Crippen molar-refractivity contribution in [3.05, 3.63) is 29.8 Å². The first-order chi connectivity index (χ1) is 11.1. The van der Waals surface area contributed by atoms with Crippen LogP contribution in [0, 0.1) is 0 Å². The van der Waals surface area contributed by atoms with Gasteiger partial charge in [0.2, 0.25) is 10.0 Å². The zero-order valence-electron chi connectivity index (χ0n) is 14.5. The molecule has 7 nitrogen and oxygen atoms in total. The Kier molecular flexibility index (Phi) is 5.39. The van der Waals surface area contributed by atoms with E-state index in [1.165, 1.54) is 0 Å². The van der Waals surface area contributed by atoms with Crippen LogP contribution in [-0.4, -0.2) is 50.9 Å². The molecule has 1 amide bonds. The van der Waals surface area contributed by atoms with E-state index in [0.717, 1.165) is 11.8 Å². The molecule has 0 saturated carbocycles. The fourth-order valence-corrected chi connectivity index (χ4v) is 3.12. The molecule has 2 rings (SSSR count). The number of rotatable bonds is 3. The summed E-state index contributed by atoms with van der Waals surface area (Å²) < 4.78 is 30.8. The summed E-state index contributed by atoms with van der Waals surface area (Å²) in [5, 5.41) is 3.26. The van der Waals surface area contributed by atoms with Crippen LogP contribution in [0.25, 0.3) is 0 Å². The number of hydrogen-bond acceptors (Lipinski definition) is 5. The number of nitrogens with zero attached hydrogens (tertiary/aromatic N) is 1. The predicted octanol–water partition coefficient (Wildman–Crippen LogP) is 1.94. The highest BCUT2D eigenvalue weighted by molar-refractivity contribution is 7.92. The number of carbonyl (C=O) groups excluding carboxylic acids is 1. The quantitative estimate of drug-likeness (QED) is 0.865. The van der Waals surface area contributed by atoms with Crippen LogP contribution < -0.4 is 10.0 Å². The predicted molar refractivity (Wildman–Crippen MR) is 93.5 cm³/mol. The van der Waals surface area contributed by atoms with Crippen molar-refractivity contribution in [1.29, 1.82) is 0 Å². The second kappa shape index (κ2) is 6.98. The minimum Gasteiger partial charge on any atom is -0.444 e. The van der Waals surface area contributed by atoms with Crippen molar-refractivity contribution in [2.24, 2.45) is 0 Å². The molecule has 0 aliphatic carbocycles. The van der Waals surface area contributed by atoms with Crippen LogP contribution in [0.1, 0.15) is 32.4 Å². The lowest BCUT2D eigenvalue weighted by Gasteiger charge is -2.37. The lowest BCUT2D eigenvalue weighted by atomic mass is 10.0. The Labute approximate surface area is 143 Å². The van der Waals surface area contributed by atoms with Crippen LogP contribution in [0.15, 0.2) is 24.3 Å². The molecule has 1 aliphatic heterocycles. The third-order valence-corrected chi connectivity index (χ3v) is 4.05. The number of ether oxygens (including phenoxy) is 1. The summed E-state index contributed by atoms with van der Waals surface area (Å²) in [5.74, 6) is 0. The number of hydrogen-bond donors (Lipinski definition) is 2. The van der Waals surface area contributed by atoms with Gasteiger partial charge in [-0.05, 0) is 38.5 Å². The number of sulfonamides is 1. The van der Waals surface area contributed by atoms with Gasteiger partial charge in [-0.2, -0.15) is 0 Å². The summed E-state index contributed by atoms with van der Waals surface area (Å²) in [7, 11) is -3.35. The second-order valence-corrected chi connectivity index (χ2v) is 8.64. The Hall–Kier alpha value is -1.80. The minimum atomic E-state index is -3.35. The molecule has 1 aromatic carbocycles. The standard InChI is InChI=1S/C16H25N3O4S/c1-16(2,3)23-15(20)19-9-8-17-11-14(19)12-6-5-7-13(10-12)18-24(4,21)22/h5-7,10,14,17-18H,8-9,11H2,1-4H3. The molecule has 1 heterocycles. The Morgan fingerprint density at radius 1 is 1.38 bits per heavy atom. The Morgan fingerprint density at radius 3 is 2.71 bits per heavy atom. The summed E-state index contributed by atoms with van der Waals surface area (Å²) in [5.41, 5.74) is 0.762. The normalized spacial score (nSPS) is 19.0. The van der Waals surface area contributed by atoms with E-state index in [2.05, 4.69) is 10.0 Å². The average molecular weight is 355 g/mol. The monoisotopic (exact) mass is 355 g/mol. The van der Waals surface area contributed by atoms with Crippen LogP contribution in [0.5, 0.6) is 0 Å². The van der Waals surface area contributed by atoms with Gasteiger partial charge < -0.3 is 10.1 Å². The molecule has 1 unspecified atom stereocenters. The Bertz CT molecular complexity index is 698. The SMILES string of the molecule is CC(C)(C)OC(=O)N1CCNCC1c1cccc(NS(C)(=O)=O)c1. The lowest BCUT2D eigenvalue weighted by molar-refractivity contribution is 0.0118. The Morgan fingerprint density at radius 2 is 2.08 bits per heavy atom. The summed E-state index contributed by atoms with van der Waals surface area (Å²) in [6.07, 6.45) is 0.741. The fourth-order valence-electron chi connectivity index (χ4n) is 2.56. The first-order valence-electron chi connectivity index (χ1n) is 7.83. The van der Waals surface area contributed by atoms with Gasteiger partial charge in [-0.25, -0.2) is 13.2 Å². The molecule has 0 radical (unpaired) electrons. The van der Waals surface area contributed by atoms with Crippen molar-refractivity contribution in [3.63, 3.8) is 0 Å². The number of piperazine rings is 1. The molecule has 134 valence electrons. The molecule has 24 heavy (non-hydrogen) atoms. The molecular formula is C16H25N3O4S.